The molecule has 0 N–H and O–H groups in total. The van der Waals surface area contributed by atoms with Gasteiger partial charge in [0.1, 0.15) is 5.82 Å². The van der Waals surface area contributed by atoms with Crippen molar-refractivity contribution in [3.8, 4) is 0 Å². The Morgan fingerprint density at radius 1 is 1.35 bits per heavy atom. The Hall–Kier alpha value is -1.88. The Morgan fingerprint density at radius 3 is 2.80 bits per heavy atom. The lowest BCUT2D eigenvalue weighted by atomic mass is 10.3. The minimum Gasteiger partial charge on any atom is -0.466 e. The number of aryl methyl sites for hydroxylation is 1. The number of para-hydroxylation sites is 2. The van der Waals surface area contributed by atoms with Crippen LogP contribution in [0.4, 0.5) is 0 Å². The molecule has 0 atom stereocenters. The topological polar surface area (TPSA) is 47.4 Å². The Balaban J connectivity index is 2.25. The third kappa shape index (κ3) is 3.36. The van der Waals surface area contributed by atoms with Crippen LogP contribution in [0.25, 0.3) is 11.0 Å². The third-order valence-corrected chi connectivity index (χ3v) is 3.04. The summed E-state index contributed by atoms with van der Waals surface area (Å²) in [5.41, 5.74) is 2.03. The first-order valence-electron chi connectivity index (χ1n) is 6.86. The highest BCUT2D eigenvalue weighted by atomic mass is 16.5. The molecule has 0 unspecified atom stereocenters. The number of fused-ring (bicyclic) bond motifs is 1. The van der Waals surface area contributed by atoms with Crippen LogP contribution in [0.15, 0.2) is 24.3 Å². The summed E-state index contributed by atoms with van der Waals surface area (Å²) in [6, 6.07) is 8.00. The summed E-state index contributed by atoms with van der Waals surface area (Å²) >= 11 is 0. The lowest BCUT2D eigenvalue weighted by Gasteiger charge is -2.12. The lowest BCUT2D eigenvalue weighted by Crippen LogP contribution is -2.17. The second-order valence-corrected chi connectivity index (χ2v) is 4.96. The minimum atomic E-state index is -0.166. The largest absolute Gasteiger partial charge is 0.466 e. The number of benzene rings is 1. The standard InChI is InChI=1S/C15H21N3O2/c1-4-20-15(19)9-10-18-13-8-6-5-7-12(13)16-14(18)11-17(2)3/h5-8H,4,9-11H2,1-3H3. The normalized spacial score (nSPS) is 11.2. The van der Waals surface area contributed by atoms with E-state index in [1.807, 2.05) is 45.3 Å². The Morgan fingerprint density at radius 2 is 2.10 bits per heavy atom. The van der Waals surface area contributed by atoms with Gasteiger partial charge < -0.3 is 14.2 Å². The van der Waals surface area contributed by atoms with Crippen molar-refractivity contribution < 1.29 is 9.53 Å². The molecule has 1 heterocycles. The van der Waals surface area contributed by atoms with Crippen LogP contribution in [0.1, 0.15) is 19.2 Å². The van der Waals surface area contributed by atoms with Crippen molar-refractivity contribution in [2.45, 2.75) is 26.4 Å². The van der Waals surface area contributed by atoms with E-state index in [2.05, 4.69) is 14.5 Å². The van der Waals surface area contributed by atoms with Crippen LogP contribution < -0.4 is 0 Å². The summed E-state index contributed by atoms with van der Waals surface area (Å²) in [4.78, 5) is 18.3. The monoisotopic (exact) mass is 275 g/mol. The molecule has 0 spiro atoms. The maximum atomic E-state index is 11.5. The Bertz CT molecular complexity index is 590. The van der Waals surface area contributed by atoms with Gasteiger partial charge in [-0.05, 0) is 33.2 Å². The maximum Gasteiger partial charge on any atom is 0.307 e. The molecule has 0 bridgehead atoms. The highest BCUT2D eigenvalue weighted by molar-refractivity contribution is 5.76. The van der Waals surface area contributed by atoms with Crippen molar-refractivity contribution >= 4 is 17.0 Å². The fraction of sp³-hybridized carbons (Fsp3) is 0.467. The average molecular weight is 275 g/mol. The quantitative estimate of drug-likeness (QED) is 0.757. The van der Waals surface area contributed by atoms with Crippen LogP contribution in [0, 0.1) is 0 Å². The SMILES string of the molecule is CCOC(=O)CCn1c(CN(C)C)nc2ccccc21. The number of imidazole rings is 1. The summed E-state index contributed by atoms with van der Waals surface area (Å²) in [6.07, 6.45) is 0.370. The van der Waals surface area contributed by atoms with E-state index < -0.39 is 0 Å². The summed E-state index contributed by atoms with van der Waals surface area (Å²) in [5, 5.41) is 0. The highest BCUT2D eigenvalue weighted by Gasteiger charge is 2.12. The van der Waals surface area contributed by atoms with Gasteiger partial charge in [0.2, 0.25) is 0 Å². The molecule has 1 aromatic carbocycles. The van der Waals surface area contributed by atoms with E-state index in [4.69, 9.17) is 4.74 Å². The van der Waals surface area contributed by atoms with Crippen molar-refractivity contribution in [2.75, 3.05) is 20.7 Å². The molecule has 0 fully saturated rings. The first-order valence-corrected chi connectivity index (χ1v) is 6.86. The number of esters is 1. The van der Waals surface area contributed by atoms with E-state index >= 15 is 0 Å². The van der Waals surface area contributed by atoms with Crippen molar-refractivity contribution in [1.82, 2.24) is 14.5 Å². The summed E-state index contributed by atoms with van der Waals surface area (Å²) in [7, 11) is 4.02. The van der Waals surface area contributed by atoms with E-state index in [-0.39, 0.29) is 5.97 Å². The first-order chi connectivity index (χ1) is 9.61. The maximum absolute atomic E-state index is 11.5. The van der Waals surface area contributed by atoms with Gasteiger partial charge in [0.25, 0.3) is 0 Å². The molecule has 20 heavy (non-hydrogen) atoms. The Labute approximate surface area is 119 Å². The number of hydrogen-bond acceptors (Lipinski definition) is 4. The second-order valence-electron chi connectivity index (χ2n) is 4.96. The van der Waals surface area contributed by atoms with Crippen LogP contribution >= 0.6 is 0 Å². The van der Waals surface area contributed by atoms with Gasteiger partial charge >= 0.3 is 5.97 Å². The van der Waals surface area contributed by atoms with E-state index in [0.29, 0.717) is 19.6 Å². The van der Waals surface area contributed by atoms with Gasteiger partial charge in [0.15, 0.2) is 0 Å². The Kier molecular flexibility index (Phi) is 4.74. The fourth-order valence-corrected chi connectivity index (χ4v) is 2.21. The van der Waals surface area contributed by atoms with Crippen LogP contribution in [-0.2, 0) is 22.6 Å². The van der Waals surface area contributed by atoms with Crippen LogP contribution in [0.3, 0.4) is 0 Å². The smallest absolute Gasteiger partial charge is 0.307 e. The predicted octanol–water partition coefficient (Wildman–Crippen LogP) is 2.05. The van der Waals surface area contributed by atoms with Crippen LogP contribution in [0.2, 0.25) is 0 Å². The zero-order chi connectivity index (χ0) is 14.5. The fourth-order valence-electron chi connectivity index (χ4n) is 2.21. The molecule has 0 radical (unpaired) electrons. The molecule has 5 nitrogen and oxygen atoms in total. The van der Waals surface area contributed by atoms with Crippen LogP contribution in [-0.4, -0.2) is 41.1 Å². The first kappa shape index (κ1) is 14.5. The summed E-state index contributed by atoms with van der Waals surface area (Å²) < 4.78 is 7.09. The van der Waals surface area contributed by atoms with Crippen molar-refractivity contribution in [1.29, 1.82) is 0 Å². The molecule has 1 aromatic heterocycles. The molecule has 5 heteroatoms. The van der Waals surface area contributed by atoms with Gasteiger partial charge in [0.05, 0.1) is 30.6 Å². The predicted molar refractivity (Wildman–Crippen MR) is 78.4 cm³/mol. The highest BCUT2D eigenvalue weighted by Crippen LogP contribution is 2.17. The molecule has 0 saturated heterocycles. The van der Waals surface area contributed by atoms with E-state index in [1.165, 1.54) is 0 Å². The van der Waals surface area contributed by atoms with E-state index in [1.54, 1.807) is 0 Å². The van der Waals surface area contributed by atoms with Gasteiger partial charge in [-0.3, -0.25) is 4.79 Å². The molecule has 2 aromatic rings. The van der Waals surface area contributed by atoms with Gasteiger partial charge in [-0.1, -0.05) is 12.1 Å². The van der Waals surface area contributed by atoms with E-state index in [9.17, 15) is 4.79 Å². The molecule has 0 aliphatic heterocycles. The summed E-state index contributed by atoms with van der Waals surface area (Å²) in [6.45, 7) is 3.59. The van der Waals surface area contributed by atoms with Crippen molar-refractivity contribution in [3.63, 3.8) is 0 Å². The number of carbonyl (C=O) groups is 1. The summed E-state index contributed by atoms with van der Waals surface area (Å²) in [5.74, 6) is 0.807. The number of nitrogens with zero attached hydrogens (tertiary/aromatic N) is 3. The number of ether oxygens (including phenoxy) is 1. The number of aromatic nitrogens is 2. The van der Waals surface area contributed by atoms with Crippen LogP contribution in [0.5, 0.6) is 0 Å². The van der Waals surface area contributed by atoms with Crippen molar-refractivity contribution in [3.05, 3.63) is 30.1 Å². The molecule has 0 aliphatic carbocycles. The average Bonchev–Trinajstić information content (AvgIpc) is 2.73. The van der Waals surface area contributed by atoms with E-state index in [0.717, 1.165) is 23.4 Å². The number of rotatable bonds is 6. The zero-order valence-electron chi connectivity index (χ0n) is 12.3. The second kappa shape index (κ2) is 6.52. The molecule has 0 saturated carbocycles. The number of carbonyl (C=O) groups excluding carboxylic acids is 1. The van der Waals surface area contributed by atoms with Gasteiger partial charge in [0, 0.05) is 6.54 Å². The molecular formula is C15H21N3O2. The zero-order valence-corrected chi connectivity index (χ0v) is 12.3. The minimum absolute atomic E-state index is 0.166. The van der Waals surface area contributed by atoms with Gasteiger partial charge in [-0.2, -0.15) is 0 Å². The van der Waals surface area contributed by atoms with Gasteiger partial charge in [-0.15, -0.1) is 0 Å². The molecular weight excluding hydrogens is 254 g/mol. The lowest BCUT2D eigenvalue weighted by molar-refractivity contribution is -0.143. The number of hydrogen-bond donors (Lipinski definition) is 0. The van der Waals surface area contributed by atoms with Gasteiger partial charge in [-0.25, -0.2) is 4.98 Å². The third-order valence-electron chi connectivity index (χ3n) is 3.04. The van der Waals surface area contributed by atoms with Crippen molar-refractivity contribution in [2.24, 2.45) is 0 Å². The molecule has 0 amide bonds. The molecule has 0 aliphatic rings. The molecule has 2 rings (SSSR count). The molecule has 108 valence electrons.